The Morgan fingerprint density at radius 1 is 0.947 bits per heavy atom. The molecule has 0 fully saturated rings. The molecule has 2 aromatic carbocycles. The first-order chi connectivity index (χ1) is 8.89. The van der Waals surface area contributed by atoms with Gasteiger partial charge >= 0.3 is 0 Å². The van der Waals surface area contributed by atoms with Gasteiger partial charge in [-0.3, -0.25) is 0 Å². The van der Waals surface area contributed by atoms with Crippen LogP contribution in [0.3, 0.4) is 0 Å². The van der Waals surface area contributed by atoms with Gasteiger partial charge in [-0.1, -0.05) is 73.1 Å². The van der Waals surface area contributed by atoms with Crippen LogP contribution in [-0.4, -0.2) is 0 Å². The molecule has 0 aliphatic carbocycles. The van der Waals surface area contributed by atoms with E-state index in [9.17, 15) is 4.39 Å². The zero-order valence-corrected chi connectivity index (χ0v) is 13.0. The lowest BCUT2D eigenvalue weighted by Gasteiger charge is -2.25. The Balaban J connectivity index is 2.44. The van der Waals surface area contributed by atoms with E-state index in [0.717, 1.165) is 5.56 Å². The molecule has 2 aromatic rings. The number of hydrogen-bond donors (Lipinski definition) is 0. The number of halogens is 2. The average Bonchev–Trinajstić information content (AvgIpc) is 2.38. The van der Waals surface area contributed by atoms with Crippen molar-refractivity contribution in [3.8, 4) is 0 Å². The molecule has 1 unspecified atom stereocenters. The Labute approximate surface area is 122 Å². The van der Waals surface area contributed by atoms with Gasteiger partial charge in [0.1, 0.15) is 5.82 Å². The van der Waals surface area contributed by atoms with Gasteiger partial charge < -0.3 is 0 Å². The van der Waals surface area contributed by atoms with Gasteiger partial charge in [0.25, 0.3) is 0 Å². The normalized spacial score (nSPS) is 13.3. The van der Waals surface area contributed by atoms with Gasteiger partial charge in [0, 0.05) is 0 Å². The monoisotopic (exact) mass is 320 g/mol. The Bertz CT molecular complexity index is 552. The first-order valence-electron chi connectivity index (χ1n) is 6.38. The minimum Gasteiger partial charge on any atom is -0.207 e. The van der Waals surface area contributed by atoms with E-state index >= 15 is 0 Å². The van der Waals surface area contributed by atoms with E-state index in [1.807, 2.05) is 18.2 Å². The molecule has 100 valence electrons. The zero-order valence-electron chi connectivity index (χ0n) is 11.5. The predicted octanol–water partition coefficient (Wildman–Crippen LogP) is 5.61. The third kappa shape index (κ3) is 3.24. The van der Waals surface area contributed by atoms with Gasteiger partial charge in [0.2, 0.25) is 0 Å². The van der Waals surface area contributed by atoms with Crippen LogP contribution in [-0.2, 0) is 5.41 Å². The summed E-state index contributed by atoms with van der Waals surface area (Å²) in [5, 5.41) is 0. The smallest absolute Gasteiger partial charge is 0.123 e. The lowest BCUT2D eigenvalue weighted by atomic mass is 9.82. The summed E-state index contributed by atoms with van der Waals surface area (Å²) in [6.07, 6.45) is 0. The van der Waals surface area contributed by atoms with Crippen LogP contribution >= 0.6 is 15.9 Å². The maximum absolute atomic E-state index is 13.0. The second kappa shape index (κ2) is 5.46. The molecule has 1 atom stereocenters. The lowest BCUT2D eigenvalue weighted by molar-refractivity contribution is 0.584. The molecular formula is C17H18BrF. The van der Waals surface area contributed by atoms with Crippen LogP contribution in [0.25, 0.3) is 0 Å². The van der Waals surface area contributed by atoms with Gasteiger partial charge in [-0.15, -0.1) is 0 Å². The van der Waals surface area contributed by atoms with Crippen LogP contribution in [0.1, 0.15) is 42.3 Å². The van der Waals surface area contributed by atoms with E-state index in [4.69, 9.17) is 0 Å². The molecule has 0 bridgehead atoms. The summed E-state index contributed by atoms with van der Waals surface area (Å²) < 4.78 is 13.0. The molecule has 19 heavy (non-hydrogen) atoms. The van der Waals surface area contributed by atoms with E-state index in [2.05, 4.69) is 54.9 Å². The fraction of sp³-hybridized carbons (Fsp3) is 0.294. The largest absolute Gasteiger partial charge is 0.207 e. The van der Waals surface area contributed by atoms with Crippen molar-refractivity contribution in [2.75, 3.05) is 0 Å². The molecule has 2 heteroatoms. The van der Waals surface area contributed by atoms with E-state index in [0.29, 0.717) is 0 Å². The Kier molecular flexibility index (Phi) is 4.10. The Morgan fingerprint density at radius 3 is 2.11 bits per heavy atom. The zero-order chi connectivity index (χ0) is 14.0. The van der Waals surface area contributed by atoms with Gasteiger partial charge in [-0.2, -0.15) is 0 Å². The fourth-order valence-corrected chi connectivity index (χ4v) is 2.92. The van der Waals surface area contributed by atoms with Crippen molar-refractivity contribution in [1.29, 1.82) is 0 Å². The van der Waals surface area contributed by atoms with Gasteiger partial charge in [0.15, 0.2) is 0 Å². The highest BCUT2D eigenvalue weighted by Crippen LogP contribution is 2.37. The van der Waals surface area contributed by atoms with E-state index in [1.165, 1.54) is 23.3 Å². The van der Waals surface area contributed by atoms with Crippen molar-refractivity contribution >= 4 is 15.9 Å². The highest BCUT2D eigenvalue weighted by molar-refractivity contribution is 9.09. The van der Waals surface area contributed by atoms with Crippen LogP contribution < -0.4 is 0 Å². The van der Waals surface area contributed by atoms with Crippen molar-refractivity contribution in [2.24, 2.45) is 0 Å². The molecule has 0 N–H and O–H groups in total. The van der Waals surface area contributed by atoms with Crippen LogP contribution in [0, 0.1) is 5.82 Å². The van der Waals surface area contributed by atoms with Gasteiger partial charge in [0.05, 0.1) is 4.83 Å². The average molecular weight is 321 g/mol. The molecule has 0 spiro atoms. The summed E-state index contributed by atoms with van der Waals surface area (Å²) in [6.45, 7) is 6.61. The summed E-state index contributed by atoms with van der Waals surface area (Å²) in [4.78, 5) is 0.0866. The van der Waals surface area contributed by atoms with E-state index in [-0.39, 0.29) is 16.1 Å². The summed E-state index contributed by atoms with van der Waals surface area (Å²) in [5.41, 5.74) is 3.70. The van der Waals surface area contributed by atoms with Crippen molar-refractivity contribution in [3.63, 3.8) is 0 Å². The van der Waals surface area contributed by atoms with Crippen LogP contribution in [0.5, 0.6) is 0 Å². The SMILES string of the molecule is CC(C)(C)c1ccccc1C(Br)c1ccc(F)cc1. The molecule has 0 amide bonds. The second-order valence-electron chi connectivity index (χ2n) is 5.75. The predicted molar refractivity (Wildman–Crippen MR) is 82.3 cm³/mol. The third-order valence-electron chi connectivity index (χ3n) is 3.20. The molecule has 0 saturated heterocycles. The maximum Gasteiger partial charge on any atom is 0.123 e. The molecule has 2 rings (SSSR count). The molecule has 0 aliphatic rings. The summed E-state index contributed by atoms with van der Waals surface area (Å²) in [5.74, 6) is -0.201. The maximum atomic E-state index is 13.0. The lowest BCUT2D eigenvalue weighted by Crippen LogP contribution is -2.15. The number of alkyl halides is 1. The van der Waals surface area contributed by atoms with Crippen LogP contribution in [0.15, 0.2) is 48.5 Å². The van der Waals surface area contributed by atoms with Crippen molar-refractivity contribution in [1.82, 2.24) is 0 Å². The molecule has 0 radical (unpaired) electrons. The molecule has 0 aliphatic heterocycles. The minimum absolute atomic E-state index is 0.0860. The molecule has 0 saturated carbocycles. The highest BCUT2D eigenvalue weighted by Gasteiger charge is 2.21. The number of hydrogen-bond acceptors (Lipinski definition) is 0. The molecule has 0 aromatic heterocycles. The van der Waals surface area contributed by atoms with Crippen molar-refractivity contribution < 1.29 is 4.39 Å². The molecule has 0 heterocycles. The standard InChI is InChI=1S/C17H18BrF/c1-17(2,3)15-7-5-4-6-14(15)16(18)12-8-10-13(19)11-9-12/h4-11,16H,1-3H3. The Hall–Kier alpha value is -1.15. The van der Waals surface area contributed by atoms with Crippen LogP contribution in [0.2, 0.25) is 0 Å². The summed E-state index contributed by atoms with van der Waals surface area (Å²) >= 11 is 3.74. The summed E-state index contributed by atoms with van der Waals surface area (Å²) in [6, 6.07) is 15.1. The highest BCUT2D eigenvalue weighted by atomic mass is 79.9. The first-order valence-corrected chi connectivity index (χ1v) is 7.30. The van der Waals surface area contributed by atoms with Crippen LogP contribution in [0.4, 0.5) is 4.39 Å². The third-order valence-corrected chi connectivity index (χ3v) is 4.23. The Morgan fingerprint density at radius 2 is 1.53 bits per heavy atom. The van der Waals surface area contributed by atoms with E-state index in [1.54, 1.807) is 0 Å². The number of rotatable bonds is 2. The van der Waals surface area contributed by atoms with E-state index < -0.39 is 0 Å². The van der Waals surface area contributed by atoms with Crippen molar-refractivity contribution in [3.05, 3.63) is 71.0 Å². The molecule has 0 nitrogen and oxygen atoms in total. The quantitative estimate of drug-likeness (QED) is 0.631. The van der Waals surface area contributed by atoms with Gasteiger partial charge in [-0.05, 0) is 34.2 Å². The number of benzene rings is 2. The van der Waals surface area contributed by atoms with Gasteiger partial charge in [-0.25, -0.2) is 4.39 Å². The summed E-state index contributed by atoms with van der Waals surface area (Å²) in [7, 11) is 0. The second-order valence-corrected chi connectivity index (χ2v) is 6.67. The van der Waals surface area contributed by atoms with Crippen molar-refractivity contribution in [2.45, 2.75) is 31.0 Å². The fourth-order valence-electron chi connectivity index (χ4n) is 2.21. The molecular weight excluding hydrogens is 303 g/mol. The first kappa shape index (κ1) is 14.3. The topological polar surface area (TPSA) is 0 Å². The minimum atomic E-state index is -0.201.